The van der Waals surface area contributed by atoms with Crippen molar-refractivity contribution in [3.05, 3.63) is 24.3 Å². The van der Waals surface area contributed by atoms with Gasteiger partial charge in [-0.1, -0.05) is 12.1 Å². The number of hydrogen-bond acceptors (Lipinski definition) is 3. The zero-order valence-corrected chi connectivity index (χ0v) is 12.4. The minimum absolute atomic E-state index is 0.0462. The molecule has 2 aliphatic heterocycles. The number of nitrogens with zero attached hydrogens (tertiary/aromatic N) is 2. The van der Waals surface area contributed by atoms with E-state index in [1.165, 1.54) is 4.90 Å². The van der Waals surface area contributed by atoms with Crippen LogP contribution in [0, 0.1) is 5.92 Å². The Morgan fingerprint density at radius 1 is 1.25 bits per heavy atom. The van der Waals surface area contributed by atoms with E-state index in [1.54, 1.807) is 23.6 Å². The van der Waals surface area contributed by atoms with Crippen molar-refractivity contribution < 1.29 is 9.59 Å². The third-order valence-corrected chi connectivity index (χ3v) is 5.02. The number of benzene rings is 1. The van der Waals surface area contributed by atoms with E-state index in [9.17, 15) is 9.59 Å². The third kappa shape index (κ3) is 2.42. The first-order valence-electron chi connectivity index (χ1n) is 6.95. The summed E-state index contributed by atoms with van der Waals surface area (Å²) in [6, 6.07) is 8.06. The Morgan fingerprint density at radius 2 is 2.05 bits per heavy atom. The molecule has 1 saturated heterocycles. The van der Waals surface area contributed by atoms with Crippen LogP contribution in [0.1, 0.15) is 13.3 Å². The zero-order valence-electron chi connectivity index (χ0n) is 11.5. The maximum atomic E-state index is 12.7. The predicted octanol–water partition coefficient (Wildman–Crippen LogP) is 1.99. The van der Waals surface area contributed by atoms with Gasteiger partial charge in [0.15, 0.2) is 0 Å². The standard InChI is InChI=1S/C15H18N2O2S/c1-11(18)16-7-6-12(10-16)15(19)17-8-9-20-14-5-3-2-4-13(14)17/h2-5,12H,6-10H2,1H3. The Labute approximate surface area is 123 Å². The minimum atomic E-state index is -0.0462. The van der Waals surface area contributed by atoms with Crippen LogP contribution in [0.25, 0.3) is 0 Å². The molecular formula is C15H18N2O2S. The Kier molecular flexibility index (Phi) is 3.70. The summed E-state index contributed by atoms with van der Waals surface area (Å²) in [5, 5.41) is 0. The summed E-state index contributed by atoms with van der Waals surface area (Å²) in [6.07, 6.45) is 0.782. The van der Waals surface area contributed by atoms with Gasteiger partial charge in [-0.2, -0.15) is 0 Å². The summed E-state index contributed by atoms with van der Waals surface area (Å²) >= 11 is 1.80. The molecule has 0 spiro atoms. The normalized spacial score (nSPS) is 21.8. The first-order valence-corrected chi connectivity index (χ1v) is 7.94. The minimum Gasteiger partial charge on any atom is -0.342 e. The summed E-state index contributed by atoms with van der Waals surface area (Å²) in [4.78, 5) is 28.9. The molecule has 106 valence electrons. The van der Waals surface area contributed by atoms with Gasteiger partial charge in [-0.15, -0.1) is 11.8 Å². The van der Waals surface area contributed by atoms with Crippen molar-refractivity contribution in [2.75, 3.05) is 30.3 Å². The van der Waals surface area contributed by atoms with Gasteiger partial charge in [-0.25, -0.2) is 0 Å². The highest BCUT2D eigenvalue weighted by atomic mass is 32.2. The van der Waals surface area contributed by atoms with Crippen molar-refractivity contribution in [2.45, 2.75) is 18.2 Å². The van der Waals surface area contributed by atoms with Crippen LogP contribution in [0.15, 0.2) is 29.2 Å². The molecule has 0 radical (unpaired) electrons. The van der Waals surface area contributed by atoms with Crippen molar-refractivity contribution in [2.24, 2.45) is 5.92 Å². The van der Waals surface area contributed by atoms with E-state index in [0.29, 0.717) is 13.1 Å². The summed E-state index contributed by atoms with van der Waals surface area (Å²) in [5.74, 6) is 1.12. The van der Waals surface area contributed by atoms with Gasteiger partial charge in [-0.3, -0.25) is 9.59 Å². The van der Waals surface area contributed by atoms with E-state index in [-0.39, 0.29) is 17.7 Å². The molecule has 5 heteroatoms. The van der Waals surface area contributed by atoms with Crippen LogP contribution in [0.5, 0.6) is 0 Å². The molecule has 20 heavy (non-hydrogen) atoms. The highest BCUT2D eigenvalue weighted by molar-refractivity contribution is 7.99. The van der Waals surface area contributed by atoms with Gasteiger partial charge in [0, 0.05) is 37.2 Å². The van der Waals surface area contributed by atoms with Gasteiger partial charge in [0.05, 0.1) is 11.6 Å². The van der Waals surface area contributed by atoms with E-state index in [1.807, 2.05) is 23.1 Å². The quantitative estimate of drug-likeness (QED) is 0.794. The molecular weight excluding hydrogens is 272 g/mol. The van der Waals surface area contributed by atoms with E-state index in [0.717, 1.165) is 24.4 Å². The number of fused-ring (bicyclic) bond motifs is 1. The first kappa shape index (κ1) is 13.5. The molecule has 1 fully saturated rings. The number of anilines is 1. The second-order valence-electron chi connectivity index (χ2n) is 5.26. The van der Waals surface area contributed by atoms with Gasteiger partial charge in [0.2, 0.25) is 11.8 Å². The average molecular weight is 290 g/mol. The second-order valence-corrected chi connectivity index (χ2v) is 6.39. The molecule has 0 N–H and O–H groups in total. The maximum Gasteiger partial charge on any atom is 0.232 e. The lowest BCUT2D eigenvalue weighted by atomic mass is 10.1. The van der Waals surface area contributed by atoms with E-state index in [4.69, 9.17) is 0 Å². The van der Waals surface area contributed by atoms with Crippen LogP contribution in [0.2, 0.25) is 0 Å². The Balaban J connectivity index is 1.78. The molecule has 0 saturated carbocycles. The fraction of sp³-hybridized carbons (Fsp3) is 0.467. The van der Waals surface area contributed by atoms with Gasteiger partial charge < -0.3 is 9.80 Å². The van der Waals surface area contributed by atoms with Crippen LogP contribution >= 0.6 is 11.8 Å². The lowest BCUT2D eigenvalue weighted by Crippen LogP contribution is -2.40. The number of amides is 2. The third-order valence-electron chi connectivity index (χ3n) is 3.98. The van der Waals surface area contributed by atoms with Crippen molar-refractivity contribution in [3.8, 4) is 0 Å². The lowest BCUT2D eigenvalue weighted by molar-refractivity contribution is -0.128. The van der Waals surface area contributed by atoms with E-state index >= 15 is 0 Å². The molecule has 1 unspecified atom stereocenters. The molecule has 0 aromatic heterocycles. The molecule has 3 rings (SSSR count). The summed E-state index contributed by atoms with van der Waals surface area (Å²) in [5.41, 5.74) is 1.02. The topological polar surface area (TPSA) is 40.6 Å². The number of carbonyl (C=O) groups is 2. The lowest BCUT2D eigenvalue weighted by Gasteiger charge is -2.31. The van der Waals surface area contributed by atoms with Gasteiger partial charge in [-0.05, 0) is 18.6 Å². The highest BCUT2D eigenvalue weighted by Crippen LogP contribution is 2.35. The van der Waals surface area contributed by atoms with Crippen LogP contribution in [-0.4, -0.2) is 42.1 Å². The fourth-order valence-electron chi connectivity index (χ4n) is 2.87. The molecule has 0 bridgehead atoms. The van der Waals surface area contributed by atoms with Gasteiger partial charge in [0.25, 0.3) is 0 Å². The number of hydrogen-bond donors (Lipinski definition) is 0. The predicted molar refractivity (Wildman–Crippen MR) is 79.9 cm³/mol. The number of likely N-dealkylation sites (tertiary alicyclic amines) is 1. The molecule has 0 aliphatic carbocycles. The van der Waals surface area contributed by atoms with E-state index in [2.05, 4.69) is 6.07 Å². The molecule has 1 aromatic rings. The Morgan fingerprint density at radius 3 is 2.80 bits per heavy atom. The van der Waals surface area contributed by atoms with Crippen LogP contribution in [0.4, 0.5) is 5.69 Å². The SMILES string of the molecule is CC(=O)N1CCC(C(=O)N2CCSc3ccccc32)C1. The molecule has 1 aromatic carbocycles. The number of para-hydroxylation sites is 1. The molecule has 1 atom stereocenters. The zero-order chi connectivity index (χ0) is 14.1. The highest BCUT2D eigenvalue weighted by Gasteiger charge is 2.34. The molecule has 2 heterocycles. The summed E-state index contributed by atoms with van der Waals surface area (Å²) in [7, 11) is 0. The number of thioether (sulfide) groups is 1. The van der Waals surface area contributed by atoms with Crippen LogP contribution in [0.3, 0.4) is 0 Å². The van der Waals surface area contributed by atoms with Crippen molar-refractivity contribution in [1.82, 2.24) is 4.90 Å². The molecule has 4 nitrogen and oxygen atoms in total. The molecule has 2 amide bonds. The molecule has 2 aliphatic rings. The van der Waals surface area contributed by atoms with Crippen LogP contribution in [-0.2, 0) is 9.59 Å². The van der Waals surface area contributed by atoms with Crippen molar-refractivity contribution in [3.63, 3.8) is 0 Å². The Hall–Kier alpha value is -1.49. The van der Waals surface area contributed by atoms with Crippen molar-refractivity contribution >= 4 is 29.3 Å². The largest absolute Gasteiger partial charge is 0.342 e. The summed E-state index contributed by atoms with van der Waals surface area (Å²) < 4.78 is 0. The van der Waals surface area contributed by atoms with Gasteiger partial charge in [0.1, 0.15) is 0 Å². The van der Waals surface area contributed by atoms with Gasteiger partial charge >= 0.3 is 0 Å². The first-order chi connectivity index (χ1) is 9.66. The van der Waals surface area contributed by atoms with Crippen molar-refractivity contribution in [1.29, 1.82) is 0 Å². The fourth-order valence-corrected chi connectivity index (χ4v) is 3.86. The Bertz CT molecular complexity index is 546. The number of rotatable bonds is 1. The second kappa shape index (κ2) is 5.48. The average Bonchev–Trinajstić information content (AvgIpc) is 2.96. The monoisotopic (exact) mass is 290 g/mol. The maximum absolute atomic E-state index is 12.7. The number of carbonyl (C=O) groups excluding carboxylic acids is 2. The van der Waals surface area contributed by atoms with Crippen LogP contribution < -0.4 is 4.90 Å². The smallest absolute Gasteiger partial charge is 0.232 e. The van der Waals surface area contributed by atoms with E-state index < -0.39 is 0 Å². The summed E-state index contributed by atoms with van der Waals surface area (Å²) in [6.45, 7) is 3.60.